The number of carbonyl (C=O) groups is 1. The van der Waals surface area contributed by atoms with E-state index in [-0.39, 0.29) is 12.5 Å². The SMILES string of the molecule is O=C(Cn1cnnn1)N1CC[C@@H]2CCCC[C@@H]2C1. The van der Waals surface area contributed by atoms with Gasteiger partial charge in [-0.2, -0.15) is 0 Å². The largest absolute Gasteiger partial charge is 0.341 e. The van der Waals surface area contributed by atoms with E-state index in [0.717, 1.165) is 24.9 Å². The van der Waals surface area contributed by atoms with E-state index in [1.807, 2.05) is 4.90 Å². The lowest BCUT2D eigenvalue weighted by atomic mass is 9.75. The van der Waals surface area contributed by atoms with Crippen molar-refractivity contribution in [1.82, 2.24) is 25.1 Å². The number of amides is 1. The van der Waals surface area contributed by atoms with Gasteiger partial charge in [-0.05, 0) is 35.1 Å². The maximum absolute atomic E-state index is 12.1. The Hall–Kier alpha value is -1.46. The Kier molecular flexibility index (Phi) is 3.25. The number of piperidine rings is 1. The smallest absolute Gasteiger partial charge is 0.244 e. The van der Waals surface area contributed by atoms with E-state index < -0.39 is 0 Å². The molecule has 2 heterocycles. The third-order valence-electron chi connectivity index (χ3n) is 4.33. The van der Waals surface area contributed by atoms with Gasteiger partial charge in [-0.25, -0.2) is 4.68 Å². The molecule has 2 fully saturated rings. The number of carbonyl (C=O) groups excluding carboxylic acids is 1. The molecule has 2 aliphatic rings. The molecule has 1 aliphatic heterocycles. The zero-order valence-electron chi connectivity index (χ0n) is 10.5. The van der Waals surface area contributed by atoms with Gasteiger partial charge in [0.2, 0.25) is 5.91 Å². The van der Waals surface area contributed by atoms with Crippen molar-refractivity contribution >= 4 is 5.91 Å². The Morgan fingerprint density at radius 1 is 1.22 bits per heavy atom. The highest BCUT2D eigenvalue weighted by Crippen LogP contribution is 2.35. The summed E-state index contributed by atoms with van der Waals surface area (Å²) >= 11 is 0. The second kappa shape index (κ2) is 5.04. The molecular weight excluding hydrogens is 230 g/mol. The minimum absolute atomic E-state index is 0.145. The number of fused-ring (bicyclic) bond motifs is 1. The summed E-state index contributed by atoms with van der Waals surface area (Å²) in [5.41, 5.74) is 0. The van der Waals surface area contributed by atoms with Crippen LogP contribution in [0.15, 0.2) is 6.33 Å². The van der Waals surface area contributed by atoms with Gasteiger partial charge in [0, 0.05) is 13.1 Å². The van der Waals surface area contributed by atoms with Crippen LogP contribution >= 0.6 is 0 Å². The van der Waals surface area contributed by atoms with Crippen molar-refractivity contribution in [3.63, 3.8) is 0 Å². The van der Waals surface area contributed by atoms with Crippen LogP contribution in [-0.4, -0.2) is 44.1 Å². The van der Waals surface area contributed by atoms with E-state index in [1.165, 1.54) is 43.1 Å². The third kappa shape index (κ3) is 2.37. The molecule has 0 aromatic carbocycles. The van der Waals surface area contributed by atoms with Crippen LogP contribution in [0.4, 0.5) is 0 Å². The molecule has 6 heteroatoms. The van der Waals surface area contributed by atoms with Gasteiger partial charge in [-0.1, -0.05) is 19.3 Å². The van der Waals surface area contributed by atoms with Gasteiger partial charge in [0.15, 0.2) is 0 Å². The first kappa shape index (κ1) is 11.6. The fraction of sp³-hybridized carbons (Fsp3) is 0.833. The Morgan fingerprint density at radius 2 is 2.06 bits per heavy atom. The maximum atomic E-state index is 12.1. The van der Waals surface area contributed by atoms with Crippen LogP contribution in [0.3, 0.4) is 0 Å². The van der Waals surface area contributed by atoms with Crippen molar-refractivity contribution in [2.45, 2.75) is 38.6 Å². The first-order chi connectivity index (χ1) is 8.83. The molecule has 1 aliphatic carbocycles. The van der Waals surface area contributed by atoms with E-state index in [9.17, 15) is 4.79 Å². The second-order valence-electron chi connectivity index (χ2n) is 5.44. The highest BCUT2D eigenvalue weighted by Gasteiger charge is 2.32. The fourth-order valence-corrected chi connectivity index (χ4v) is 3.32. The lowest BCUT2D eigenvalue weighted by Gasteiger charge is -2.41. The maximum Gasteiger partial charge on any atom is 0.244 e. The average Bonchev–Trinajstić information content (AvgIpc) is 2.91. The first-order valence-electron chi connectivity index (χ1n) is 6.81. The van der Waals surface area contributed by atoms with Crippen molar-refractivity contribution in [2.75, 3.05) is 13.1 Å². The topological polar surface area (TPSA) is 63.9 Å². The molecule has 0 radical (unpaired) electrons. The molecule has 0 spiro atoms. The van der Waals surface area contributed by atoms with Gasteiger partial charge in [0.1, 0.15) is 12.9 Å². The van der Waals surface area contributed by atoms with E-state index in [4.69, 9.17) is 0 Å². The van der Waals surface area contributed by atoms with Crippen molar-refractivity contribution in [2.24, 2.45) is 11.8 Å². The molecule has 6 nitrogen and oxygen atoms in total. The molecule has 0 bridgehead atoms. The quantitative estimate of drug-likeness (QED) is 0.774. The van der Waals surface area contributed by atoms with Crippen LogP contribution in [-0.2, 0) is 11.3 Å². The van der Waals surface area contributed by atoms with E-state index >= 15 is 0 Å². The summed E-state index contributed by atoms with van der Waals surface area (Å²) in [4.78, 5) is 14.1. The fourth-order valence-electron chi connectivity index (χ4n) is 3.32. The highest BCUT2D eigenvalue weighted by molar-refractivity contribution is 5.76. The summed E-state index contributed by atoms with van der Waals surface area (Å²) in [6, 6.07) is 0. The summed E-state index contributed by atoms with van der Waals surface area (Å²) < 4.78 is 1.50. The minimum Gasteiger partial charge on any atom is -0.341 e. The molecule has 3 rings (SSSR count). The number of tetrazole rings is 1. The number of hydrogen-bond donors (Lipinski definition) is 0. The monoisotopic (exact) mass is 249 g/mol. The molecule has 2 atom stereocenters. The Balaban J connectivity index is 1.58. The summed E-state index contributed by atoms with van der Waals surface area (Å²) in [5, 5.41) is 10.8. The molecule has 1 saturated carbocycles. The standard InChI is InChI=1S/C12H19N5O/c18-12(8-17-9-13-14-15-17)16-6-5-10-3-1-2-4-11(10)7-16/h9-11H,1-8H2/t10-,11+/m0/s1. The van der Waals surface area contributed by atoms with Gasteiger partial charge >= 0.3 is 0 Å². The molecule has 98 valence electrons. The molecule has 1 aromatic heterocycles. The minimum atomic E-state index is 0.145. The van der Waals surface area contributed by atoms with Gasteiger partial charge in [-0.3, -0.25) is 4.79 Å². The van der Waals surface area contributed by atoms with Crippen LogP contribution in [0.5, 0.6) is 0 Å². The third-order valence-corrected chi connectivity index (χ3v) is 4.33. The number of hydrogen-bond acceptors (Lipinski definition) is 4. The van der Waals surface area contributed by atoms with E-state index in [0.29, 0.717) is 0 Å². The van der Waals surface area contributed by atoms with E-state index in [1.54, 1.807) is 0 Å². The van der Waals surface area contributed by atoms with Crippen LogP contribution in [0.2, 0.25) is 0 Å². The average molecular weight is 249 g/mol. The number of rotatable bonds is 2. The van der Waals surface area contributed by atoms with Crippen molar-refractivity contribution < 1.29 is 4.79 Å². The predicted molar refractivity (Wildman–Crippen MR) is 64.5 cm³/mol. The Morgan fingerprint density at radius 3 is 2.83 bits per heavy atom. The zero-order valence-corrected chi connectivity index (χ0v) is 10.5. The molecule has 1 aromatic rings. The first-order valence-corrected chi connectivity index (χ1v) is 6.81. The molecule has 1 amide bonds. The summed E-state index contributed by atoms with van der Waals surface area (Å²) in [6.45, 7) is 2.11. The molecule has 0 N–H and O–H groups in total. The van der Waals surface area contributed by atoms with E-state index in [2.05, 4.69) is 15.5 Å². The van der Waals surface area contributed by atoms with Gasteiger partial charge < -0.3 is 4.90 Å². The van der Waals surface area contributed by atoms with Gasteiger partial charge in [0.25, 0.3) is 0 Å². The van der Waals surface area contributed by atoms with Crippen LogP contribution in [0.25, 0.3) is 0 Å². The van der Waals surface area contributed by atoms with Crippen molar-refractivity contribution in [3.05, 3.63) is 6.33 Å². The highest BCUT2D eigenvalue weighted by atomic mass is 16.2. The summed E-state index contributed by atoms with van der Waals surface area (Å²) in [5.74, 6) is 1.73. The molecule has 18 heavy (non-hydrogen) atoms. The van der Waals surface area contributed by atoms with Crippen molar-refractivity contribution in [1.29, 1.82) is 0 Å². The molecule has 1 saturated heterocycles. The van der Waals surface area contributed by atoms with Crippen LogP contribution < -0.4 is 0 Å². The van der Waals surface area contributed by atoms with Crippen LogP contribution in [0.1, 0.15) is 32.1 Å². The number of likely N-dealkylation sites (tertiary alicyclic amines) is 1. The second-order valence-corrected chi connectivity index (χ2v) is 5.44. The molecular formula is C12H19N5O. The number of aromatic nitrogens is 4. The lowest BCUT2D eigenvalue weighted by Crippen LogP contribution is -2.45. The van der Waals surface area contributed by atoms with Gasteiger partial charge in [-0.15, -0.1) is 5.10 Å². The van der Waals surface area contributed by atoms with Crippen molar-refractivity contribution in [3.8, 4) is 0 Å². The molecule has 0 unspecified atom stereocenters. The Bertz CT molecular complexity index is 405. The normalized spacial score (nSPS) is 27.9. The number of nitrogens with zero attached hydrogens (tertiary/aromatic N) is 5. The zero-order chi connectivity index (χ0) is 12.4. The predicted octanol–water partition coefficient (Wildman–Crippen LogP) is 0.712. The Labute approximate surface area is 106 Å². The summed E-state index contributed by atoms with van der Waals surface area (Å²) in [7, 11) is 0. The summed E-state index contributed by atoms with van der Waals surface area (Å²) in [6.07, 6.45) is 8.02. The van der Waals surface area contributed by atoms with Crippen LogP contribution in [0, 0.1) is 11.8 Å². The van der Waals surface area contributed by atoms with Gasteiger partial charge in [0.05, 0.1) is 0 Å². The lowest BCUT2D eigenvalue weighted by molar-refractivity contribution is -0.135.